The first-order chi connectivity index (χ1) is 20.2. The lowest BCUT2D eigenvalue weighted by Crippen LogP contribution is -2.58. The van der Waals surface area contributed by atoms with Gasteiger partial charge >= 0.3 is 0 Å². The van der Waals surface area contributed by atoms with Gasteiger partial charge in [-0.1, -0.05) is 52.7 Å². The van der Waals surface area contributed by atoms with Crippen LogP contribution in [0, 0.1) is 23.7 Å². The highest BCUT2D eigenvalue weighted by Crippen LogP contribution is 2.55. The minimum Gasteiger partial charge on any atom is -0.497 e. The van der Waals surface area contributed by atoms with Crippen LogP contribution in [0.2, 0.25) is 0 Å². The van der Waals surface area contributed by atoms with Crippen molar-refractivity contribution in [2.45, 2.75) is 83.6 Å². The van der Waals surface area contributed by atoms with Crippen LogP contribution < -0.4 is 15.4 Å². The van der Waals surface area contributed by atoms with E-state index >= 15 is 0 Å². The maximum Gasteiger partial charge on any atom is 0.246 e. The van der Waals surface area contributed by atoms with Gasteiger partial charge in [-0.3, -0.25) is 14.4 Å². The summed E-state index contributed by atoms with van der Waals surface area (Å²) in [5.74, 6) is -0.524. The fourth-order valence-corrected chi connectivity index (χ4v) is 7.67. The molecule has 4 aliphatic rings. The number of nitrogens with zero attached hydrogens (tertiary/aromatic N) is 2. The van der Waals surface area contributed by atoms with Crippen LogP contribution in [0.15, 0.2) is 36.4 Å². The molecular weight excluding hydrogens is 532 g/mol. The van der Waals surface area contributed by atoms with Gasteiger partial charge in [-0.2, -0.15) is 0 Å². The quantitative estimate of drug-likeness (QED) is 0.365. The molecule has 8 atom stereocenters. The Morgan fingerprint density at radius 2 is 1.79 bits per heavy atom. The number of anilines is 1. The van der Waals surface area contributed by atoms with E-state index in [0.29, 0.717) is 36.4 Å². The summed E-state index contributed by atoms with van der Waals surface area (Å²) in [5.41, 5.74) is -0.536. The zero-order valence-corrected chi connectivity index (χ0v) is 25.8. The third-order valence-electron chi connectivity index (χ3n) is 10.1. The summed E-state index contributed by atoms with van der Waals surface area (Å²) in [5, 5.41) is 6.32. The molecule has 230 valence electrons. The molecule has 1 aromatic rings. The summed E-state index contributed by atoms with van der Waals surface area (Å²) < 4.78 is 11.8. The Bertz CT molecular complexity index is 1170. The van der Waals surface area contributed by atoms with Gasteiger partial charge in [-0.05, 0) is 68.5 Å². The van der Waals surface area contributed by atoms with Gasteiger partial charge in [0.25, 0.3) is 0 Å². The van der Waals surface area contributed by atoms with E-state index in [0.717, 1.165) is 45.2 Å². The van der Waals surface area contributed by atoms with Crippen molar-refractivity contribution in [1.29, 1.82) is 0 Å². The molecule has 3 fully saturated rings. The summed E-state index contributed by atoms with van der Waals surface area (Å²) in [6, 6.07) is 6.35. The monoisotopic (exact) mass is 580 g/mol. The number of hydrogen-bond donors (Lipinski definition) is 2. The summed E-state index contributed by atoms with van der Waals surface area (Å²) in [6.07, 6.45) is 8.42. The molecule has 2 N–H and O–H groups in total. The first-order valence-corrected chi connectivity index (χ1v) is 15.9. The third-order valence-corrected chi connectivity index (χ3v) is 10.1. The van der Waals surface area contributed by atoms with Crippen LogP contribution >= 0.6 is 0 Å². The first kappa shape index (κ1) is 30.5. The summed E-state index contributed by atoms with van der Waals surface area (Å²) in [4.78, 5) is 46.3. The number of fused-ring (bicyclic) bond motifs is 1. The van der Waals surface area contributed by atoms with Gasteiger partial charge in [0.15, 0.2) is 0 Å². The van der Waals surface area contributed by atoms with Gasteiger partial charge in [0.2, 0.25) is 17.7 Å². The van der Waals surface area contributed by atoms with Crippen molar-refractivity contribution in [3.05, 3.63) is 36.4 Å². The summed E-state index contributed by atoms with van der Waals surface area (Å²) in [7, 11) is 1.59. The predicted molar refractivity (Wildman–Crippen MR) is 162 cm³/mol. The second kappa shape index (κ2) is 12.8. The Morgan fingerprint density at radius 1 is 1.07 bits per heavy atom. The van der Waals surface area contributed by atoms with Crippen LogP contribution in [-0.4, -0.2) is 84.6 Å². The smallest absolute Gasteiger partial charge is 0.246 e. The molecule has 1 aliphatic carbocycles. The largest absolute Gasteiger partial charge is 0.497 e. The molecule has 1 aromatic carbocycles. The average molecular weight is 581 g/mol. The normalized spacial score (nSPS) is 33.2. The molecular formula is C33H48N4O5. The SMILES string of the molecule is CCCN(CCC)CCN1C(=O)[C@@H]2C(C(=O)Nc3ccc(OC)cc3)[C@@H]3C=CC2(O3)C1C(=O)NC1CCCC(C)C1C. The maximum absolute atomic E-state index is 14.3. The Hall–Kier alpha value is -2.91. The molecule has 0 radical (unpaired) electrons. The number of benzene rings is 1. The number of nitrogens with one attached hydrogen (secondary N) is 2. The topological polar surface area (TPSA) is 100 Å². The van der Waals surface area contributed by atoms with Gasteiger partial charge in [0.1, 0.15) is 17.4 Å². The number of amides is 3. The highest BCUT2D eigenvalue weighted by molar-refractivity contribution is 6.02. The average Bonchev–Trinajstić information content (AvgIpc) is 3.62. The van der Waals surface area contributed by atoms with Crippen LogP contribution in [-0.2, 0) is 19.1 Å². The van der Waals surface area contributed by atoms with Crippen molar-refractivity contribution in [2.75, 3.05) is 38.6 Å². The molecule has 42 heavy (non-hydrogen) atoms. The zero-order chi connectivity index (χ0) is 30.0. The second-order valence-corrected chi connectivity index (χ2v) is 12.7. The lowest BCUT2D eigenvalue weighted by molar-refractivity contribution is -0.141. The van der Waals surface area contributed by atoms with Gasteiger partial charge in [0.05, 0.1) is 25.0 Å². The van der Waals surface area contributed by atoms with Crippen molar-refractivity contribution < 1.29 is 23.9 Å². The van der Waals surface area contributed by atoms with E-state index in [1.54, 1.807) is 36.3 Å². The maximum atomic E-state index is 14.3. The predicted octanol–water partition coefficient (Wildman–Crippen LogP) is 3.85. The van der Waals surface area contributed by atoms with Crippen molar-refractivity contribution in [3.8, 4) is 5.75 Å². The van der Waals surface area contributed by atoms with E-state index in [4.69, 9.17) is 9.47 Å². The zero-order valence-electron chi connectivity index (χ0n) is 25.8. The van der Waals surface area contributed by atoms with E-state index in [9.17, 15) is 14.4 Å². The molecule has 2 bridgehead atoms. The number of ether oxygens (including phenoxy) is 2. The van der Waals surface area contributed by atoms with E-state index in [1.807, 2.05) is 12.2 Å². The van der Waals surface area contributed by atoms with Crippen molar-refractivity contribution >= 4 is 23.4 Å². The van der Waals surface area contributed by atoms with Crippen molar-refractivity contribution in [2.24, 2.45) is 23.7 Å². The van der Waals surface area contributed by atoms with E-state index in [-0.39, 0.29) is 23.8 Å². The summed E-state index contributed by atoms with van der Waals surface area (Å²) in [6.45, 7) is 11.7. The van der Waals surface area contributed by atoms with Crippen molar-refractivity contribution in [3.63, 3.8) is 0 Å². The molecule has 9 heteroatoms. The molecule has 2 saturated heterocycles. The number of methoxy groups -OCH3 is 1. The molecule has 1 saturated carbocycles. The molecule has 9 nitrogen and oxygen atoms in total. The number of carbonyl (C=O) groups excluding carboxylic acids is 3. The molecule has 5 rings (SSSR count). The minimum absolute atomic E-state index is 0.0575. The molecule has 3 heterocycles. The number of hydrogen-bond acceptors (Lipinski definition) is 6. The third kappa shape index (κ3) is 5.57. The summed E-state index contributed by atoms with van der Waals surface area (Å²) >= 11 is 0. The molecule has 3 amide bonds. The van der Waals surface area contributed by atoms with Crippen LogP contribution in [0.1, 0.15) is 59.8 Å². The van der Waals surface area contributed by atoms with Crippen LogP contribution in [0.3, 0.4) is 0 Å². The number of likely N-dealkylation sites (tertiary alicyclic amines) is 1. The Morgan fingerprint density at radius 3 is 2.45 bits per heavy atom. The standard InChI is InChI=1S/C33H48N4O5/c1-6-17-36(18-7-2)19-20-37-29(31(39)35-25-10-8-9-21(3)22(25)4)33-16-15-26(42-33)27(28(33)32(37)40)30(38)34-23-11-13-24(41-5)14-12-23/h11-16,21-22,25-29H,6-10,17-20H2,1-5H3,(H,34,38)(H,35,39)/t21?,22?,25?,26-,27?,28-,29?,33?/m0/s1. The lowest BCUT2D eigenvalue weighted by Gasteiger charge is -2.38. The van der Waals surface area contributed by atoms with Crippen LogP contribution in [0.5, 0.6) is 5.75 Å². The van der Waals surface area contributed by atoms with E-state index in [1.165, 1.54) is 0 Å². The highest BCUT2D eigenvalue weighted by Gasteiger charge is 2.72. The molecule has 0 aromatic heterocycles. The van der Waals surface area contributed by atoms with Gasteiger partial charge in [-0.25, -0.2) is 0 Å². The molecule has 1 spiro atoms. The first-order valence-electron chi connectivity index (χ1n) is 15.9. The van der Waals surface area contributed by atoms with Gasteiger partial charge < -0.3 is 29.9 Å². The fraction of sp³-hybridized carbons (Fsp3) is 0.667. The van der Waals surface area contributed by atoms with Crippen molar-refractivity contribution in [1.82, 2.24) is 15.1 Å². The molecule has 3 aliphatic heterocycles. The Kier molecular flexibility index (Phi) is 9.28. The fourth-order valence-electron chi connectivity index (χ4n) is 7.67. The van der Waals surface area contributed by atoms with E-state index < -0.39 is 29.6 Å². The van der Waals surface area contributed by atoms with E-state index in [2.05, 4.69) is 43.2 Å². The van der Waals surface area contributed by atoms with Gasteiger partial charge in [-0.15, -0.1) is 0 Å². The second-order valence-electron chi connectivity index (χ2n) is 12.7. The van der Waals surface area contributed by atoms with Crippen LogP contribution in [0.4, 0.5) is 5.69 Å². The van der Waals surface area contributed by atoms with Gasteiger partial charge in [0, 0.05) is 24.8 Å². The van der Waals surface area contributed by atoms with Crippen LogP contribution in [0.25, 0.3) is 0 Å². The number of rotatable bonds is 12. The highest BCUT2D eigenvalue weighted by atomic mass is 16.5. The molecule has 6 unspecified atom stereocenters. The number of carbonyl (C=O) groups is 3. The Labute approximate surface area is 250 Å². The minimum atomic E-state index is -1.16. The Balaban J connectivity index is 1.42. The lowest BCUT2D eigenvalue weighted by atomic mass is 9.73.